The molecule has 0 atom stereocenters. The highest BCUT2D eigenvalue weighted by atomic mass is 15.2. The first-order chi connectivity index (χ1) is 24.8. The molecule has 0 N–H and O–H groups in total. The van der Waals surface area contributed by atoms with Crippen molar-refractivity contribution in [1.82, 2.24) is 0 Å². The normalized spacial score (nSPS) is 15.6. The molecule has 0 saturated carbocycles. The maximum absolute atomic E-state index is 2.54. The minimum atomic E-state index is 1.04. The van der Waals surface area contributed by atoms with Gasteiger partial charge in [0.25, 0.3) is 0 Å². The van der Waals surface area contributed by atoms with E-state index in [1.807, 2.05) is 0 Å². The van der Waals surface area contributed by atoms with E-state index in [2.05, 4.69) is 180 Å². The van der Waals surface area contributed by atoms with E-state index in [0.717, 1.165) is 49.2 Å². The Morgan fingerprint density at radius 2 is 1.20 bits per heavy atom. The molecule has 0 aromatic heterocycles. The third-order valence-electron chi connectivity index (χ3n) is 10.2. The van der Waals surface area contributed by atoms with Crippen LogP contribution in [0.5, 0.6) is 0 Å². The van der Waals surface area contributed by atoms with Crippen LogP contribution in [0.15, 0.2) is 169 Å². The minimum absolute atomic E-state index is 1.04. The lowest BCUT2D eigenvalue weighted by molar-refractivity contribution is 0.690. The van der Waals surface area contributed by atoms with Crippen LogP contribution in [-0.4, -0.2) is 0 Å². The largest absolute Gasteiger partial charge is 0.314 e. The minimum Gasteiger partial charge on any atom is -0.314 e. The number of rotatable bonds is 9. The number of allylic oxidation sites excluding steroid dienone is 8. The Labute approximate surface area is 297 Å². The van der Waals surface area contributed by atoms with Gasteiger partial charge in [0.2, 0.25) is 0 Å². The number of para-hydroxylation sites is 2. The van der Waals surface area contributed by atoms with E-state index in [4.69, 9.17) is 0 Å². The van der Waals surface area contributed by atoms with Crippen molar-refractivity contribution >= 4 is 46.2 Å². The third-order valence-corrected chi connectivity index (χ3v) is 10.2. The maximum atomic E-state index is 2.54. The highest BCUT2D eigenvalue weighted by Gasteiger charge is 2.21. The van der Waals surface area contributed by atoms with Crippen molar-refractivity contribution < 1.29 is 0 Å². The van der Waals surface area contributed by atoms with Crippen LogP contribution < -0.4 is 9.80 Å². The average molecular weight is 649 g/mol. The van der Waals surface area contributed by atoms with Crippen LogP contribution in [0.4, 0.5) is 28.4 Å². The summed E-state index contributed by atoms with van der Waals surface area (Å²) >= 11 is 0. The van der Waals surface area contributed by atoms with Crippen LogP contribution in [0, 0.1) is 0 Å². The summed E-state index contributed by atoms with van der Waals surface area (Å²) in [6.45, 7) is 0. The SMILES string of the molecule is C1=Cc2cccc(N(C3=CCCCC3)c3ccc(/C=C/C4=CC=C(c5ccc(N(c6ccccc6)c6ccccc6)cc5)CC4)cc3)c2CC1. The lowest BCUT2D eigenvalue weighted by atomic mass is 9.92. The lowest BCUT2D eigenvalue weighted by Crippen LogP contribution is -2.20. The molecule has 0 heterocycles. The van der Waals surface area contributed by atoms with Crippen molar-refractivity contribution in [2.45, 2.75) is 51.4 Å². The van der Waals surface area contributed by atoms with E-state index < -0.39 is 0 Å². The van der Waals surface area contributed by atoms with Gasteiger partial charge in [0, 0.05) is 34.1 Å². The second-order valence-electron chi connectivity index (χ2n) is 13.5. The third kappa shape index (κ3) is 6.93. The second-order valence-corrected chi connectivity index (χ2v) is 13.5. The van der Waals surface area contributed by atoms with E-state index in [1.165, 1.54) is 69.7 Å². The summed E-state index contributed by atoms with van der Waals surface area (Å²) in [6.07, 6.45) is 25.4. The molecule has 0 amide bonds. The van der Waals surface area contributed by atoms with Crippen molar-refractivity contribution in [3.8, 4) is 0 Å². The number of nitrogens with zero attached hydrogens (tertiary/aromatic N) is 2. The molecule has 246 valence electrons. The molecule has 0 bridgehead atoms. The van der Waals surface area contributed by atoms with Crippen LogP contribution in [0.3, 0.4) is 0 Å². The van der Waals surface area contributed by atoms with Crippen LogP contribution in [0.2, 0.25) is 0 Å². The average Bonchev–Trinajstić information content (AvgIpc) is 3.20. The molecule has 2 heteroatoms. The molecule has 5 aromatic rings. The Morgan fingerprint density at radius 1 is 0.500 bits per heavy atom. The van der Waals surface area contributed by atoms with E-state index in [1.54, 1.807) is 0 Å². The van der Waals surface area contributed by atoms with Gasteiger partial charge in [-0.25, -0.2) is 0 Å². The molecule has 2 nitrogen and oxygen atoms in total. The van der Waals surface area contributed by atoms with Gasteiger partial charge in [-0.2, -0.15) is 0 Å². The molecule has 0 spiro atoms. The first kappa shape index (κ1) is 31.7. The molecular weight excluding hydrogens is 605 g/mol. The number of anilines is 5. The zero-order valence-electron chi connectivity index (χ0n) is 28.7. The Kier molecular flexibility index (Phi) is 9.42. The number of hydrogen-bond acceptors (Lipinski definition) is 2. The van der Waals surface area contributed by atoms with Gasteiger partial charge in [-0.3, -0.25) is 0 Å². The fraction of sp³-hybridized carbons (Fsp3) is 0.167. The maximum Gasteiger partial charge on any atom is 0.0496 e. The molecule has 0 aliphatic heterocycles. The quantitative estimate of drug-likeness (QED) is 0.157. The fourth-order valence-electron chi connectivity index (χ4n) is 7.55. The van der Waals surface area contributed by atoms with Gasteiger partial charge in [-0.05, 0) is 139 Å². The number of benzene rings is 5. The van der Waals surface area contributed by atoms with Gasteiger partial charge in [-0.1, -0.05) is 115 Å². The molecule has 50 heavy (non-hydrogen) atoms. The fourth-order valence-corrected chi connectivity index (χ4v) is 7.55. The summed E-state index contributed by atoms with van der Waals surface area (Å²) in [4.78, 5) is 4.85. The molecule has 5 aromatic carbocycles. The van der Waals surface area contributed by atoms with Gasteiger partial charge in [-0.15, -0.1) is 0 Å². The monoisotopic (exact) mass is 648 g/mol. The predicted molar refractivity (Wildman–Crippen MR) is 214 cm³/mol. The Hall–Kier alpha value is -5.60. The van der Waals surface area contributed by atoms with Crippen molar-refractivity contribution in [2.75, 3.05) is 9.80 Å². The zero-order chi connectivity index (χ0) is 33.5. The molecule has 0 radical (unpaired) electrons. The van der Waals surface area contributed by atoms with Gasteiger partial charge in [0.05, 0.1) is 0 Å². The van der Waals surface area contributed by atoms with Crippen molar-refractivity contribution in [3.05, 3.63) is 191 Å². The van der Waals surface area contributed by atoms with E-state index in [9.17, 15) is 0 Å². The van der Waals surface area contributed by atoms with Crippen molar-refractivity contribution in [3.63, 3.8) is 0 Å². The van der Waals surface area contributed by atoms with E-state index >= 15 is 0 Å². The Bertz CT molecular complexity index is 2040. The zero-order valence-corrected chi connectivity index (χ0v) is 28.7. The second kappa shape index (κ2) is 14.9. The summed E-state index contributed by atoms with van der Waals surface area (Å²) in [5.41, 5.74) is 15.6. The summed E-state index contributed by atoms with van der Waals surface area (Å²) in [6, 6.07) is 46.2. The summed E-state index contributed by atoms with van der Waals surface area (Å²) in [7, 11) is 0. The van der Waals surface area contributed by atoms with E-state index in [-0.39, 0.29) is 0 Å². The molecule has 8 rings (SSSR count). The molecule has 0 unspecified atom stereocenters. The van der Waals surface area contributed by atoms with Crippen LogP contribution in [0.1, 0.15) is 67.2 Å². The summed E-state index contributed by atoms with van der Waals surface area (Å²) < 4.78 is 0. The predicted octanol–water partition coefficient (Wildman–Crippen LogP) is 13.5. The highest BCUT2D eigenvalue weighted by molar-refractivity contribution is 5.79. The van der Waals surface area contributed by atoms with Crippen molar-refractivity contribution in [2.24, 2.45) is 0 Å². The first-order valence-corrected chi connectivity index (χ1v) is 18.3. The number of fused-ring (bicyclic) bond motifs is 1. The van der Waals surface area contributed by atoms with Gasteiger partial charge in [0.1, 0.15) is 0 Å². The van der Waals surface area contributed by atoms with Gasteiger partial charge < -0.3 is 9.80 Å². The lowest BCUT2D eigenvalue weighted by Gasteiger charge is -2.32. The smallest absolute Gasteiger partial charge is 0.0496 e. The Balaban J connectivity index is 0.983. The topological polar surface area (TPSA) is 6.48 Å². The molecular formula is C48H44N2. The van der Waals surface area contributed by atoms with Crippen LogP contribution in [0.25, 0.3) is 17.7 Å². The molecule has 0 saturated heterocycles. The first-order valence-electron chi connectivity index (χ1n) is 18.3. The summed E-state index contributed by atoms with van der Waals surface area (Å²) in [5, 5.41) is 0. The van der Waals surface area contributed by atoms with Crippen LogP contribution in [-0.2, 0) is 6.42 Å². The number of hydrogen-bond donors (Lipinski definition) is 0. The van der Waals surface area contributed by atoms with E-state index in [0.29, 0.717) is 0 Å². The highest BCUT2D eigenvalue weighted by Crippen LogP contribution is 2.40. The molecule has 0 fully saturated rings. The summed E-state index contributed by atoms with van der Waals surface area (Å²) in [5.74, 6) is 0. The van der Waals surface area contributed by atoms with Gasteiger partial charge >= 0.3 is 0 Å². The standard InChI is InChI=1S/C48H44N2/c1-4-15-42(16-5-1)49(43-17-6-2-7-18-43)45-35-31-40(32-36-45)39-29-25-37(26-30-39)23-24-38-27-33-46(34-28-38)50(44-19-8-3-9-20-44)48-22-12-14-41-13-10-11-21-47(41)48/h1-2,4-7,10,12-19,22-25,27-29,31-36H,3,8-9,11,20-21,26,30H2/b24-23+. The van der Waals surface area contributed by atoms with Gasteiger partial charge in [0.15, 0.2) is 0 Å². The van der Waals surface area contributed by atoms with Crippen molar-refractivity contribution in [1.29, 1.82) is 0 Å². The molecule has 3 aliphatic carbocycles. The Morgan fingerprint density at radius 3 is 1.88 bits per heavy atom. The molecule has 3 aliphatic rings. The van der Waals surface area contributed by atoms with Crippen LogP contribution >= 0.6 is 0 Å².